The lowest BCUT2D eigenvalue weighted by molar-refractivity contribution is -0.122. The van der Waals surface area contributed by atoms with Crippen molar-refractivity contribution in [2.45, 2.75) is 23.0 Å². The van der Waals surface area contributed by atoms with Crippen LogP contribution in [0.1, 0.15) is 16.0 Å². The highest BCUT2D eigenvalue weighted by molar-refractivity contribution is 8.01. The van der Waals surface area contributed by atoms with Crippen LogP contribution >= 0.6 is 46.9 Å². The molecule has 1 aromatic heterocycles. The van der Waals surface area contributed by atoms with E-state index < -0.39 is 11.8 Å². The van der Waals surface area contributed by atoms with Crippen molar-refractivity contribution in [2.24, 2.45) is 0 Å². The number of thiocarbonyl (C=S) groups is 1. The Labute approximate surface area is 198 Å². The first kappa shape index (κ1) is 21.8. The maximum atomic E-state index is 13.2. The number of amides is 2. The van der Waals surface area contributed by atoms with Crippen molar-refractivity contribution in [1.82, 2.24) is 5.32 Å². The minimum absolute atomic E-state index is 0.0541. The van der Waals surface area contributed by atoms with Crippen LogP contribution in [0.4, 0.5) is 5.69 Å². The Hall–Kier alpha value is -2.45. The fraction of sp³-hybridized carbons (Fsp3) is 0.0870. The number of aryl methyl sites for hydroxylation is 2. The Kier molecular flexibility index (Phi) is 6.29. The number of carbonyl (C=O) groups is 2. The molecule has 1 saturated heterocycles. The number of benzene rings is 2. The van der Waals surface area contributed by atoms with Crippen LogP contribution in [-0.4, -0.2) is 16.9 Å². The zero-order valence-corrected chi connectivity index (χ0v) is 19.8. The molecule has 2 heterocycles. The Balaban J connectivity index is 1.61. The number of hydrogen-bond donors (Lipinski definition) is 1. The molecule has 2 amide bonds. The smallest absolute Gasteiger partial charge is 0.270 e. The first-order valence-corrected chi connectivity index (χ1v) is 11.8. The minimum atomic E-state index is -0.490. The van der Waals surface area contributed by atoms with E-state index in [9.17, 15) is 9.59 Å². The number of nitrogens with zero attached hydrogens (tertiary/aromatic N) is 1. The van der Waals surface area contributed by atoms with Gasteiger partial charge in [-0.05, 0) is 80.2 Å². The van der Waals surface area contributed by atoms with E-state index in [2.05, 4.69) is 5.32 Å². The molecule has 0 spiro atoms. The van der Waals surface area contributed by atoms with Crippen molar-refractivity contribution in [2.75, 3.05) is 4.90 Å². The molecule has 3 aromatic rings. The van der Waals surface area contributed by atoms with Crippen LogP contribution in [0.3, 0.4) is 0 Å². The summed E-state index contributed by atoms with van der Waals surface area (Å²) in [7, 11) is 0. The Bertz CT molecular complexity index is 1230. The summed E-state index contributed by atoms with van der Waals surface area (Å²) in [4.78, 5) is 29.0. The molecule has 0 atom stereocenters. The van der Waals surface area contributed by atoms with Crippen molar-refractivity contribution in [1.29, 1.82) is 0 Å². The van der Waals surface area contributed by atoms with Crippen molar-refractivity contribution in [3.63, 3.8) is 0 Å². The van der Waals surface area contributed by atoms with Crippen molar-refractivity contribution in [3.8, 4) is 0 Å². The van der Waals surface area contributed by atoms with Gasteiger partial charge >= 0.3 is 0 Å². The first-order valence-electron chi connectivity index (χ1n) is 9.34. The van der Waals surface area contributed by atoms with Crippen LogP contribution in [0.15, 0.2) is 69.3 Å². The number of hydrogen-bond acceptors (Lipinski definition) is 5. The first-order chi connectivity index (χ1) is 14.8. The highest BCUT2D eigenvalue weighted by atomic mass is 35.5. The lowest BCUT2D eigenvalue weighted by atomic mass is 10.1. The van der Waals surface area contributed by atoms with E-state index in [4.69, 9.17) is 23.8 Å². The van der Waals surface area contributed by atoms with E-state index in [-0.39, 0.29) is 10.7 Å². The maximum absolute atomic E-state index is 13.2. The van der Waals surface area contributed by atoms with Gasteiger partial charge in [0.05, 0.1) is 9.90 Å². The second kappa shape index (κ2) is 8.96. The van der Waals surface area contributed by atoms with Crippen LogP contribution in [-0.2, 0) is 9.59 Å². The Morgan fingerprint density at radius 1 is 1.06 bits per heavy atom. The zero-order valence-electron chi connectivity index (χ0n) is 16.6. The molecule has 156 valence electrons. The minimum Gasteiger partial charge on any atom is -0.298 e. The molecule has 1 fully saturated rings. The topological polar surface area (TPSA) is 49.4 Å². The molecule has 0 radical (unpaired) electrons. The molecule has 1 aliphatic heterocycles. The standard InChI is InChI=1S/C23H17ClN2O2S3/c1-13-3-9-19(14(2)11-13)26-22(28)18(21(27)25-23(26)29)12-17-8-10-20(31-17)30-16-6-4-15(24)5-7-16/h3-12H,1-2H3,(H,25,27,29)/b18-12-. The van der Waals surface area contributed by atoms with Crippen LogP contribution in [0, 0.1) is 13.8 Å². The molecule has 1 N–H and O–H groups in total. The van der Waals surface area contributed by atoms with E-state index >= 15 is 0 Å². The van der Waals surface area contributed by atoms with Gasteiger partial charge in [-0.25, -0.2) is 0 Å². The molecule has 0 saturated carbocycles. The number of carbonyl (C=O) groups excluding carboxylic acids is 2. The van der Waals surface area contributed by atoms with Gasteiger partial charge < -0.3 is 0 Å². The number of rotatable bonds is 4. The van der Waals surface area contributed by atoms with E-state index in [1.807, 2.05) is 68.4 Å². The average molecular weight is 485 g/mol. The van der Waals surface area contributed by atoms with Gasteiger partial charge in [0.15, 0.2) is 5.11 Å². The summed E-state index contributed by atoms with van der Waals surface area (Å²) in [5.41, 5.74) is 2.71. The molecule has 0 bridgehead atoms. The van der Waals surface area contributed by atoms with Gasteiger partial charge in [-0.1, -0.05) is 41.1 Å². The third kappa shape index (κ3) is 4.75. The van der Waals surface area contributed by atoms with Gasteiger partial charge in [0.1, 0.15) is 5.57 Å². The van der Waals surface area contributed by atoms with Crippen LogP contribution in [0.2, 0.25) is 5.02 Å². The second-order valence-electron chi connectivity index (χ2n) is 6.96. The summed E-state index contributed by atoms with van der Waals surface area (Å²) in [6.07, 6.45) is 1.62. The highest BCUT2D eigenvalue weighted by Gasteiger charge is 2.35. The normalized spacial score (nSPS) is 15.5. The molecule has 8 heteroatoms. The van der Waals surface area contributed by atoms with E-state index in [1.165, 1.54) is 16.2 Å². The molecule has 0 unspecified atom stereocenters. The van der Waals surface area contributed by atoms with Gasteiger partial charge in [-0.15, -0.1) is 11.3 Å². The third-order valence-corrected chi connectivity index (χ3v) is 7.32. The molecule has 2 aromatic carbocycles. The molecule has 0 aliphatic carbocycles. The predicted molar refractivity (Wildman–Crippen MR) is 132 cm³/mol. The van der Waals surface area contributed by atoms with Crippen molar-refractivity contribution in [3.05, 3.63) is 81.2 Å². The third-order valence-electron chi connectivity index (χ3n) is 4.62. The van der Waals surface area contributed by atoms with Crippen molar-refractivity contribution >= 4 is 75.6 Å². The Morgan fingerprint density at radius 2 is 1.81 bits per heavy atom. The fourth-order valence-corrected chi connectivity index (χ4v) is 5.63. The number of thiophene rings is 1. The van der Waals surface area contributed by atoms with Crippen LogP contribution in [0.25, 0.3) is 6.08 Å². The molecule has 4 nitrogen and oxygen atoms in total. The quantitative estimate of drug-likeness (QED) is 0.280. The molecule has 1 aliphatic rings. The molecular weight excluding hydrogens is 468 g/mol. The average Bonchev–Trinajstić information content (AvgIpc) is 3.15. The molecular formula is C23H17ClN2O2S3. The SMILES string of the molecule is Cc1ccc(N2C(=O)/C(=C\c3ccc(Sc4ccc(Cl)cc4)s3)C(=O)NC2=S)c(C)c1. The second-order valence-corrected chi connectivity index (χ2v) is 10.3. The largest absolute Gasteiger partial charge is 0.298 e. The van der Waals surface area contributed by atoms with Crippen molar-refractivity contribution < 1.29 is 9.59 Å². The number of nitrogens with one attached hydrogen (secondary N) is 1. The summed E-state index contributed by atoms with van der Waals surface area (Å²) in [5, 5.41) is 3.41. The Morgan fingerprint density at radius 3 is 2.52 bits per heavy atom. The number of anilines is 1. The summed E-state index contributed by atoms with van der Waals surface area (Å²) in [5.74, 6) is -0.919. The lowest BCUT2D eigenvalue weighted by Crippen LogP contribution is -2.54. The van der Waals surface area contributed by atoms with Gasteiger partial charge in [-0.2, -0.15) is 0 Å². The highest BCUT2D eigenvalue weighted by Crippen LogP contribution is 2.35. The van der Waals surface area contributed by atoms with E-state index in [0.29, 0.717) is 10.7 Å². The summed E-state index contributed by atoms with van der Waals surface area (Å²) in [6, 6.07) is 17.2. The summed E-state index contributed by atoms with van der Waals surface area (Å²) >= 11 is 14.3. The maximum Gasteiger partial charge on any atom is 0.270 e. The van der Waals surface area contributed by atoms with Crippen LogP contribution in [0.5, 0.6) is 0 Å². The number of halogens is 1. The predicted octanol–water partition coefficient (Wildman–Crippen LogP) is 6.00. The van der Waals surface area contributed by atoms with Crippen LogP contribution < -0.4 is 10.2 Å². The van der Waals surface area contributed by atoms with Gasteiger partial charge in [0.2, 0.25) is 0 Å². The fourth-order valence-electron chi connectivity index (χ4n) is 3.16. The monoisotopic (exact) mass is 484 g/mol. The van der Waals surface area contributed by atoms with Gasteiger partial charge in [0.25, 0.3) is 11.8 Å². The van der Waals surface area contributed by atoms with Gasteiger partial charge in [0, 0.05) is 14.8 Å². The zero-order chi connectivity index (χ0) is 22.1. The van der Waals surface area contributed by atoms with E-state index in [1.54, 1.807) is 17.8 Å². The molecule has 31 heavy (non-hydrogen) atoms. The molecule has 4 rings (SSSR count). The summed E-state index contributed by atoms with van der Waals surface area (Å²) < 4.78 is 1.04. The lowest BCUT2D eigenvalue weighted by Gasteiger charge is -2.30. The van der Waals surface area contributed by atoms with Gasteiger partial charge in [-0.3, -0.25) is 19.8 Å². The summed E-state index contributed by atoms with van der Waals surface area (Å²) in [6.45, 7) is 3.90. The van der Waals surface area contributed by atoms with E-state index in [0.717, 1.165) is 25.1 Å².